The lowest BCUT2D eigenvalue weighted by Crippen LogP contribution is -2.47. The van der Waals surface area contributed by atoms with Crippen LogP contribution in [0.25, 0.3) is 0 Å². The van der Waals surface area contributed by atoms with Crippen molar-refractivity contribution in [2.45, 2.75) is 49.9 Å². The third kappa shape index (κ3) is 2.97. The molecule has 2 aliphatic heterocycles. The second kappa shape index (κ2) is 6.69. The minimum Gasteiger partial charge on any atom is -0.489 e. The van der Waals surface area contributed by atoms with Crippen LogP contribution in [0.4, 0.5) is 4.79 Å². The van der Waals surface area contributed by atoms with Crippen LogP contribution in [-0.4, -0.2) is 55.8 Å². The summed E-state index contributed by atoms with van der Waals surface area (Å²) in [5.74, 6) is 1.05. The normalized spacial score (nSPS) is 30.2. The predicted octanol–water partition coefficient (Wildman–Crippen LogP) is 3.19. The molecule has 25 heavy (non-hydrogen) atoms. The Kier molecular flexibility index (Phi) is 4.91. The topological polar surface area (TPSA) is 42.0 Å². The molecule has 6 heteroatoms. The van der Waals surface area contributed by atoms with Gasteiger partial charge in [-0.05, 0) is 44.5 Å². The van der Waals surface area contributed by atoms with Crippen molar-refractivity contribution in [1.82, 2.24) is 9.80 Å². The van der Waals surface area contributed by atoms with Crippen LogP contribution in [0.3, 0.4) is 0 Å². The second-order valence-electron chi connectivity index (χ2n) is 7.72. The second-order valence-corrected chi connectivity index (χ2v) is 7.72. The summed E-state index contributed by atoms with van der Waals surface area (Å²) in [5, 5.41) is 0. The van der Waals surface area contributed by atoms with Crippen molar-refractivity contribution in [2.75, 3.05) is 27.7 Å². The minimum atomic E-state index is -0.257. The lowest BCUT2D eigenvalue weighted by molar-refractivity contribution is -0.00690. The van der Waals surface area contributed by atoms with Gasteiger partial charge in [-0.3, -0.25) is 0 Å². The van der Waals surface area contributed by atoms with E-state index in [2.05, 4.69) is 30.1 Å². The summed E-state index contributed by atoms with van der Waals surface area (Å²) in [4.78, 5) is 15.8. The van der Waals surface area contributed by atoms with E-state index in [0.29, 0.717) is 0 Å². The standard InChI is InChI=1S/C19H26N2O3.ClH/c1-20(2)18(22)23-14-7-8-19-9-10-21(3)12-13-5-4-6-15(17(13)19)24-16(19)11-14;/h4-6,14,16H,7-12H2,1-3H3;1H/t14-,16-,19-;/m0./s1. The predicted molar refractivity (Wildman–Crippen MR) is 98.5 cm³/mol. The lowest BCUT2D eigenvalue weighted by atomic mass is 9.65. The van der Waals surface area contributed by atoms with Crippen LogP contribution < -0.4 is 4.74 Å². The molecule has 0 saturated heterocycles. The van der Waals surface area contributed by atoms with Crippen LogP contribution in [-0.2, 0) is 16.7 Å². The van der Waals surface area contributed by atoms with Crippen LogP contribution in [0.1, 0.15) is 36.8 Å². The van der Waals surface area contributed by atoms with Crippen molar-refractivity contribution in [1.29, 1.82) is 0 Å². The van der Waals surface area contributed by atoms with E-state index in [1.807, 2.05) is 0 Å². The van der Waals surface area contributed by atoms with E-state index in [0.717, 1.165) is 44.5 Å². The fraction of sp³-hybridized carbons (Fsp3) is 0.632. The van der Waals surface area contributed by atoms with Gasteiger partial charge in [-0.2, -0.15) is 0 Å². The molecule has 0 bridgehead atoms. The van der Waals surface area contributed by atoms with Gasteiger partial charge in [-0.25, -0.2) is 4.79 Å². The largest absolute Gasteiger partial charge is 0.489 e. The number of rotatable bonds is 1. The van der Waals surface area contributed by atoms with Crippen molar-refractivity contribution in [3.05, 3.63) is 29.3 Å². The molecule has 1 aromatic carbocycles. The first-order chi connectivity index (χ1) is 11.5. The summed E-state index contributed by atoms with van der Waals surface area (Å²) in [6, 6.07) is 6.44. The summed E-state index contributed by atoms with van der Waals surface area (Å²) < 4.78 is 12.0. The first kappa shape index (κ1) is 18.3. The Morgan fingerprint density at radius 3 is 2.92 bits per heavy atom. The Labute approximate surface area is 155 Å². The number of amides is 1. The molecule has 0 unspecified atom stereocenters. The van der Waals surface area contributed by atoms with Crippen LogP contribution in [0.15, 0.2) is 18.2 Å². The zero-order valence-corrected chi connectivity index (χ0v) is 16.0. The van der Waals surface area contributed by atoms with Crippen molar-refractivity contribution in [3.8, 4) is 5.75 Å². The lowest BCUT2D eigenvalue weighted by Gasteiger charge is -2.41. The quantitative estimate of drug-likeness (QED) is 0.765. The number of ether oxygens (including phenoxy) is 2. The smallest absolute Gasteiger partial charge is 0.409 e. The zero-order chi connectivity index (χ0) is 16.9. The summed E-state index contributed by atoms with van der Waals surface area (Å²) in [5.41, 5.74) is 2.92. The third-order valence-corrected chi connectivity index (χ3v) is 5.90. The molecule has 0 radical (unpaired) electrons. The van der Waals surface area contributed by atoms with Gasteiger partial charge in [0.2, 0.25) is 0 Å². The monoisotopic (exact) mass is 366 g/mol. The molecular formula is C19H27ClN2O3. The van der Waals surface area contributed by atoms with Crippen molar-refractivity contribution >= 4 is 18.5 Å². The molecule has 138 valence electrons. The number of carbonyl (C=O) groups excluding carboxylic acids is 1. The van der Waals surface area contributed by atoms with E-state index in [1.165, 1.54) is 16.0 Å². The molecule has 1 aliphatic carbocycles. The molecule has 1 saturated carbocycles. The maximum absolute atomic E-state index is 11.9. The highest BCUT2D eigenvalue weighted by molar-refractivity contribution is 5.85. The highest BCUT2D eigenvalue weighted by atomic mass is 35.5. The molecule has 1 aromatic rings. The van der Waals surface area contributed by atoms with E-state index >= 15 is 0 Å². The van der Waals surface area contributed by atoms with Gasteiger partial charge in [0.15, 0.2) is 0 Å². The van der Waals surface area contributed by atoms with E-state index in [1.54, 1.807) is 14.1 Å². The number of nitrogens with zero attached hydrogens (tertiary/aromatic N) is 2. The molecule has 1 spiro atoms. The SMILES string of the molecule is CN1CC[C@@]23CC[C@H](OC(=O)N(C)C)C[C@@H]2Oc2cccc(c23)C1.Cl. The molecule has 4 rings (SSSR count). The maximum atomic E-state index is 11.9. The summed E-state index contributed by atoms with van der Waals surface area (Å²) in [6.07, 6.45) is 3.66. The molecule has 1 fully saturated rings. The number of hydrogen-bond acceptors (Lipinski definition) is 4. The molecule has 1 amide bonds. The molecule has 5 nitrogen and oxygen atoms in total. The molecule has 3 aliphatic rings. The molecular weight excluding hydrogens is 340 g/mol. The molecule has 0 N–H and O–H groups in total. The first-order valence-corrected chi connectivity index (χ1v) is 8.85. The molecule has 3 atom stereocenters. The van der Waals surface area contributed by atoms with Gasteiger partial charge in [0.1, 0.15) is 18.0 Å². The highest BCUT2D eigenvalue weighted by Crippen LogP contribution is 2.55. The fourth-order valence-corrected chi connectivity index (χ4v) is 4.66. The maximum Gasteiger partial charge on any atom is 0.409 e. The Morgan fingerprint density at radius 2 is 2.16 bits per heavy atom. The Balaban J connectivity index is 0.00000182. The van der Waals surface area contributed by atoms with Gasteiger partial charge >= 0.3 is 6.09 Å². The number of hydrogen-bond donors (Lipinski definition) is 0. The van der Waals surface area contributed by atoms with Gasteiger partial charge in [0.25, 0.3) is 0 Å². The van der Waals surface area contributed by atoms with Crippen LogP contribution in [0.5, 0.6) is 5.75 Å². The summed E-state index contributed by atoms with van der Waals surface area (Å²) in [7, 11) is 5.64. The summed E-state index contributed by atoms with van der Waals surface area (Å²) >= 11 is 0. The van der Waals surface area contributed by atoms with Crippen LogP contribution in [0, 0.1) is 0 Å². The van der Waals surface area contributed by atoms with Gasteiger partial charge in [0.05, 0.1) is 0 Å². The van der Waals surface area contributed by atoms with Crippen molar-refractivity contribution in [3.63, 3.8) is 0 Å². The summed E-state index contributed by atoms with van der Waals surface area (Å²) in [6.45, 7) is 2.07. The van der Waals surface area contributed by atoms with Crippen molar-refractivity contribution in [2.24, 2.45) is 0 Å². The average molecular weight is 367 g/mol. The highest BCUT2D eigenvalue weighted by Gasteiger charge is 2.54. The van der Waals surface area contributed by atoms with Crippen LogP contribution in [0.2, 0.25) is 0 Å². The molecule has 2 heterocycles. The van der Waals surface area contributed by atoms with E-state index in [4.69, 9.17) is 9.47 Å². The number of halogens is 1. The average Bonchev–Trinajstić information content (AvgIpc) is 2.79. The Bertz CT molecular complexity index is 666. The van der Waals surface area contributed by atoms with Crippen LogP contribution >= 0.6 is 12.4 Å². The Morgan fingerprint density at radius 1 is 1.36 bits per heavy atom. The number of carbonyl (C=O) groups is 1. The van der Waals surface area contributed by atoms with Gasteiger partial charge in [-0.15, -0.1) is 12.4 Å². The Hall–Kier alpha value is -1.46. The fourth-order valence-electron chi connectivity index (χ4n) is 4.66. The third-order valence-electron chi connectivity index (χ3n) is 5.90. The van der Waals surface area contributed by atoms with Gasteiger partial charge < -0.3 is 19.3 Å². The zero-order valence-electron chi connectivity index (χ0n) is 15.2. The molecule has 0 aromatic heterocycles. The van der Waals surface area contributed by atoms with Gasteiger partial charge in [0, 0.05) is 38.0 Å². The van der Waals surface area contributed by atoms with Gasteiger partial charge in [-0.1, -0.05) is 12.1 Å². The first-order valence-electron chi connectivity index (χ1n) is 8.85. The van der Waals surface area contributed by atoms with E-state index in [-0.39, 0.29) is 36.1 Å². The van der Waals surface area contributed by atoms with E-state index < -0.39 is 0 Å². The van der Waals surface area contributed by atoms with Crippen molar-refractivity contribution < 1.29 is 14.3 Å². The van der Waals surface area contributed by atoms with E-state index in [9.17, 15) is 4.79 Å². The number of benzene rings is 1. The minimum absolute atomic E-state index is 0.